The molecule has 1 saturated carbocycles. The van der Waals surface area contributed by atoms with Crippen molar-refractivity contribution in [3.63, 3.8) is 0 Å². The predicted molar refractivity (Wildman–Crippen MR) is 64.6 cm³/mol. The van der Waals surface area contributed by atoms with Crippen molar-refractivity contribution in [3.05, 3.63) is 28.8 Å². The molecule has 2 N–H and O–H groups in total. The zero-order valence-corrected chi connectivity index (χ0v) is 9.43. The zero-order valence-electron chi connectivity index (χ0n) is 9.43. The van der Waals surface area contributed by atoms with Gasteiger partial charge in [-0.05, 0) is 56.2 Å². The molecule has 15 heavy (non-hydrogen) atoms. The molecule has 1 nitrogen and oxygen atoms in total. The van der Waals surface area contributed by atoms with Crippen molar-refractivity contribution < 1.29 is 0 Å². The fraction of sp³-hybridized carbons (Fsp3) is 0.429. The molecule has 0 atom stereocenters. The van der Waals surface area contributed by atoms with Gasteiger partial charge in [-0.3, -0.25) is 0 Å². The minimum atomic E-state index is 0.872. The first-order valence-electron chi connectivity index (χ1n) is 5.52. The van der Waals surface area contributed by atoms with Gasteiger partial charge >= 0.3 is 0 Å². The van der Waals surface area contributed by atoms with Crippen LogP contribution >= 0.6 is 0 Å². The molecule has 0 unspecified atom stereocenters. The van der Waals surface area contributed by atoms with E-state index in [-0.39, 0.29) is 0 Å². The van der Waals surface area contributed by atoms with E-state index in [1.54, 1.807) is 0 Å². The Balaban J connectivity index is 2.37. The first-order chi connectivity index (χ1) is 7.20. The molecule has 78 valence electrons. The molecule has 1 aliphatic carbocycles. The summed E-state index contributed by atoms with van der Waals surface area (Å²) >= 11 is 0. The third-order valence-corrected chi connectivity index (χ3v) is 2.88. The molecule has 0 amide bonds. The maximum absolute atomic E-state index is 6.11. The van der Waals surface area contributed by atoms with Gasteiger partial charge in [0.2, 0.25) is 0 Å². The molecule has 0 saturated heterocycles. The molecule has 0 radical (unpaired) electrons. The van der Waals surface area contributed by atoms with E-state index in [4.69, 9.17) is 5.73 Å². The molecule has 0 bridgehead atoms. The lowest BCUT2D eigenvalue weighted by atomic mass is 9.99. The Bertz CT molecular complexity index is 431. The van der Waals surface area contributed by atoms with Gasteiger partial charge in [0.1, 0.15) is 0 Å². The van der Waals surface area contributed by atoms with Crippen molar-refractivity contribution in [1.82, 2.24) is 0 Å². The number of nitrogens with two attached hydrogens (primary N) is 1. The second-order valence-corrected chi connectivity index (χ2v) is 4.41. The normalized spacial score (nSPS) is 14.5. The number of anilines is 1. The smallest absolute Gasteiger partial charge is 0.0506 e. The topological polar surface area (TPSA) is 26.0 Å². The lowest BCUT2D eigenvalue weighted by Gasteiger charge is -2.08. The lowest BCUT2D eigenvalue weighted by molar-refractivity contribution is 0.833. The Morgan fingerprint density at radius 2 is 2.13 bits per heavy atom. The van der Waals surface area contributed by atoms with Crippen molar-refractivity contribution in [1.29, 1.82) is 0 Å². The lowest BCUT2D eigenvalue weighted by Crippen LogP contribution is -2.00. The van der Waals surface area contributed by atoms with E-state index in [2.05, 4.69) is 30.9 Å². The van der Waals surface area contributed by atoms with E-state index in [1.165, 1.54) is 24.0 Å². The first-order valence-corrected chi connectivity index (χ1v) is 5.52. The molecular formula is C14H17N. The molecule has 0 aromatic heterocycles. The second kappa shape index (κ2) is 3.98. The molecule has 0 spiro atoms. The van der Waals surface area contributed by atoms with Gasteiger partial charge in [-0.1, -0.05) is 12.0 Å². The SMILES string of the molecule is CC#Cc1cc(C)cc(CC2CC2)c1N. The molecule has 2 rings (SSSR count). The summed E-state index contributed by atoms with van der Waals surface area (Å²) in [7, 11) is 0. The maximum Gasteiger partial charge on any atom is 0.0506 e. The van der Waals surface area contributed by atoms with Gasteiger partial charge in [0, 0.05) is 5.56 Å². The van der Waals surface area contributed by atoms with Crippen LogP contribution in [0.5, 0.6) is 0 Å². The average molecular weight is 199 g/mol. The Morgan fingerprint density at radius 3 is 2.73 bits per heavy atom. The van der Waals surface area contributed by atoms with Crippen molar-refractivity contribution in [2.75, 3.05) is 5.73 Å². The van der Waals surface area contributed by atoms with Crippen molar-refractivity contribution in [2.24, 2.45) is 5.92 Å². The number of benzene rings is 1. The van der Waals surface area contributed by atoms with Crippen molar-refractivity contribution >= 4 is 5.69 Å². The third kappa shape index (κ3) is 2.33. The Hall–Kier alpha value is -1.42. The van der Waals surface area contributed by atoms with Gasteiger partial charge < -0.3 is 5.73 Å². The summed E-state index contributed by atoms with van der Waals surface area (Å²) in [6.45, 7) is 3.96. The van der Waals surface area contributed by atoms with Crippen LogP contribution in [0.2, 0.25) is 0 Å². The van der Waals surface area contributed by atoms with Gasteiger partial charge in [-0.25, -0.2) is 0 Å². The number of rotatable bonds is 2. The van der Waals surface area contributed by atoms with Crippen LogP contribution < -0.4 is 5.73 Å². The van der Waals surface area contributed by atoms with Crippen LogP contribution in [0.25, 0.3) is 0 Å². The van der Waals surface area contributed by atoms with E-state index < -0.39 is 0 Å². The number of hydrogen-bond donors (Lipinski definition) is 1. The van der Waals surface area contributed by atoms with Gasteiger partial charge in [-0.2, -0.15) is 0 Å². The van der Waals surface area contributed by atoms with E-state index in [0.29, 0.717) is 0 Å². The summed E-state index contributed by atoms with van der Waals surface area (Å²) in [5.41, 5.74) is 10.5. The number of nitrogen functional groups attached to an aromatic ring is 1. The van der Waals surface area contributed by atoms with Crippen LogP contribution in [0.15, 0.2) is 12.1 Å². The van der Waals surface area contributed by atoms with E-state index in [1.807, 2.05) is 6.92 Å². The molecule has 1 aliphatic rings. The monoisotopic (exact) mass is 199 g/mol. The summed E-state index contributed by atoms with van der Waals surface area (Å²) in [4.78, 5) is 0. The van der Waals surface area contributed by atoms with Crippen LogP contribution in [0.3, 0.4) is 0 Å². The highest BCUT2D eigenvalue weighted by molar-refractivity contribution is 5.62. The maximum atomic E-state index is 6.11. The average Bonchev–Trinajstić information content (AvgIpc) is 2.97. The fourth-order valence-corrected chi connectivity index (χ4v) is 1.91. The molecule has 1 aromatic carbocycles. The minimum absolute atomic E-state index is 0.872. The summed E-state index contributed by atoms with van der Waals surface area (Å²) in [5.74, 6) is 6.87. The van der Waals surface area contributed by atoms with Crippen LogP contribution in [0.4, 0.5) is 5.69 Å². The van der Waals surface area contributed by atoms with Crippen molar-refractivity contribution in [3.8, 4) is 11.8 Å². The van der Waals surface area contributed by atoms with Crippen LogP contribution in [-0.2, 0) is 6.42 Å². The quantitative estimate of drug-likeness (QED) is 0.575. The third-order valence-electron chi connectivity index (χ3n) is 2.88. The largest absolute Gasteiger partial charge is 0.397 e. The van der Waals surface area contributed by atoms with Gasteiger partial charge in [0.05, 0.1) is 5.69 Å². The molecule has 0 aliphatic heterocycles. The number of aryl methyl sites for hydroxylation is 1. The van der Waals surface area contributed by atoms with Crippen LogP contribution in [0, 0.1) is 24.7 Å². The summed E-state index contributed by atoms with van der Waals surface area (Å²) in [5, 5.41) is 0. The summed E-state index contributed by atoms with van der Waals surface area (Å²) in [6.07, 6.45) is 3.86. The van der Waals surface area contributed by atoms with E-state index in [9.17, 15) is 0 Å². The minimum Gasteiger partial charge on any atom is -0.397 e. The Labute approximate surface area is 91.7 Å². The standard InChI is InChI=1S/C14H17N/c1-3-4-12-7-10(2)8-13(14(12)15)9-11-5-6-11/h7-8,11H,5-6,9,15H2,1-2H3. The molecule has 1 fully saturated rings. The molecular weight excluding hydrogens is 182 g/mol. The van der Waals surface area contributed by atoms with E-state index in [0.717, 1.165) is 23.6 Å². The fourth-order valence-electron chi connectivity index (χ4n) is 1.91. The zero-order chi connectivity index (χ0) is 10.8. The predicted octanol–water partition coefficient (Wildman–Crippen LogP) is 2.90. The summed E-state index contributed by atoms with van der Waals surface area (Å²) in [6, 6.07) is 4.27. The molecule has 1 aromatic rings. The highest BCUT2D eigenvalue weighted by Crippen LogP contribution is 2.35. The van der Waals surface area contributed by atoms with Crippen LogP contribution in [-0.4, -0.2) is 0 Å². The van der Waals surface area contributed by atoms with Gasteiger partial charge in [0.15, 0.2) is 0 Å². The van der Waals surface area contributed by atoms with E-state index >= 15 is 0 Å². The summed E-state index contributed by atoms with van der Waals surface area (Å²) < 4.78 is 0. The second-order valence-electron chi connectivity index (χ2n) is 4.41. The van der Waals surface area contributed by atoms with Crippen LogP contribution in [0.1, 0.15) is 36.5 Å². The highest BCUT2D eigenvalue weighted by Gasteiger charge is 2.22. The number of hydrogen-bond acceptors (Lipinski definition) is 1. The molecule has 0 heterocycles. The Kier molecular flexibility index (Phi) is 2.68. The molecule has 1 heteroatoms. The first kappa shape index (κ1) is 10.1. The highest BCUT2D eigenvalue weighted by atomic mass is 14.6. The van der Waals surface area contributed by atoms with Gasteiger partial charge in [0.25, 0.3) is 0 Å². The van der Waals surface area contributed by atoms with Gasteiger partial charge in [-0.15, -0.1) is 5.92 Å². The Morgan fingerprint density at radius 1 is 1.40 bits per heavy atom. The van der Waals surface area contributed by atoms with Crippen molar-refractivity contribution in [2.45, 2.75) is 33.1 Å².